The number of benzene rings is 1. The van der Waals surface area contributed by atoms with Gasteiger partial charge in [0.1, 0.15) is 6.79 Å². The molecule has 1 aromatic carbocycles. The van der Waals surface area contributed by atoms with E-state index in [0.717, 1.165) is 0 Å². The average Bonchev–Trinajstić information content (AvgIpc) is 2.20. The van der Waals surface area contributed by atoms with Gasteiger partial charge in [0.05, 0.1) is 11.1 Å². The van der Waals surface area contributed by atoms with Crippen LogP contribution >= 0.6 is 0 Å². The Hall–Kier alpha value is -2.17. The molecule has 0 aliphatic rings. The molecule has 0 aliphatic carbocycles. The van der Waals surface area contributed by atoms with Crippen molar-refractivity contribution in [2.75, 3.05) is 0 Å². The molecule has 0 amide bonds. The SMILES string of the molecule is C=O.Cc1c(C(=O)O)cccc1C(=O)O. The van der Waals surface area contributed by atoms with Crippen LogP contribution in [0.4, 0.5) is 0 Å². The van der Waals surface area contributed by atoms with E-state index < -0.39 is 11.9 Å². The van der Waals surface area contributed by atoms with Crippen LogP contribution in [0, 0.1) is 6.92 Å². The lowest BCUT2D eigenvalue weighted by molar-refractivity contribution is -0.0980. The zero-order chi connectivity index (χ0) is 12.0. The van der Waals surface area contributed by atoms with Gasteiger partial charge in [0.2, 0.25) is 0 Å². The summed E-state index contributed by atoms with van der Waals surface area (Å²) in [5.74, 6) is -2.22. The number of rotatable bonds is 2. The van der Waals surface area contributed by atoms with Gasteiger partial charge in [-0.25, -0.2) is 9.59 Å². The molecule has 0 radical (unpaired) electrons. The summed E-state index contributed by atoms with van der Waals surface area (Å²) in [5.41, 5.74) is 0.335. The normalized spacial score (nSPS) is 8.60. The predicted octanol–water partition coefficient (Wildman–Crippen LogP) is 1.21. The Kier molecular flexibility index (Phi) is 4.74. The second-order valence-electron chi connectivity index (χ2n) is 2.59. The Labute approximate surface area is 86.0 Å². The molecule has 1 aromatic rings. The average molecular weight is 210 g/mol. The molecule has 0 unspecified atom stereocenters. The molecule has 80 valence electrons. The topological polar surface area (TPSA) is 91.7 Å². The van der Waals surface area contributed by atoms with Crippen molar-refractivity contribution < 1.29 is 24.6 Å². The van der Waals surface area contributed by atoms with Crippen molar-refractivity contribution in [2.24, 2.45) is 0 Å². The van der Waals surface area contributed by atoms with Crippen LogP contribution in [0.15, 0.2) is 18.2 Å². The summed E-state index contributed by atoms with van der Waals surface area (Å²) < 4.78 is 0. The molecular formula is C10H10O5. The van der Waals surface area contributed by atoms with E-state index in [4.69, 9.17) is 15.0 Å². The Morgan fingerprint density at radius 3 is 1.67 bits per heavy atom. The van der Waals surface area contributed by atoms with Crippen LogP contribution in [0.3, 0.4) is 0 Å². The van der Waals surface area contributed by atoms with E-state index in [1.54, 1.807) is 0 Å². The number of aromatic carboxylic acids is 2. The van der Waals surface area contributed by atoms with Gasteiger partial charge in [-0.1, -0.05) is 6.07 Å². The number of carboxylic acid groups (broad SMARTS) is 2. The van der Waals surface area contributed by atoms with Gasteiger partial charge in [-0.05, 0) is 24.6 Å². The molecule has 2 N–H and O–H groups in total. The van der Waals surface area contributed by atoms with Crippen molar-refractivity contribution in [3.05, 3.63) is 34.9 Å². The Bertz CT molecular complexity index is 351. The van der Waals surface area contributed by atoms with Crippen molar-refractivity contribution in [1.29, 1.82) is 0 Å². The lowest BCUT2D eigenvalue weighted by Gasteiger charge is -2.03. The second kappa shape index (κ2) is 5.54. The summed E-state index contributed by atoms with van der Waals surface area (Å²) in [6, 6.07) is 4.17. The standard InChI is InChI=1S/C9H8O4.CH2O/c1-5-6(8(10)11)3-2-4-7(5)9(12)13;1-2/h2-4H,1H3,(H,10,11)(H,12,13);1H2. The van der Waals surface area contributed by atoms with Gasteiger partial charge < -0.3 is 15.0 Å². The van der Waals surface area contributed by atoms with Crippen molar-refractivity contribution in [1.82, 2.24) is 0 Å². The first-order valence-corrected chi connectivity index (χ1v) is 3.89. The second-order valence-corrected chi connectivity index (χ2v) is 2.59. The summed E-state index contributed by atoms with van der Waals surface area (Å²) in [6.45, 7) is 3.48. The van der Waals surface area contributed by atoms with E-state index in [0.29, 0.717) is 0 Å². The summed E-state index contributed by atoms with van der Waals surface area (Å²) >= 11 is 0. The minimum atomic E-state index is -1.11. The Balaban J connectivity index is 0.000000921. The quantitative estimate of drug-likeness (QED) is 0.765. The van der Waals surface area contributed by atoms with Crippen molar-refractivity contribution in [2.45, 2.75) is 6.92 Å². The maximum absolute atomic E-state index is 10.6. The molecule has 0 saturated carbocycles. The van der Waals surface area contributed by atoms with Gasteiger partial charge in [0, 0.05) is 0 Å². The van der Waals surface area contributed by atoms with Gasteiger partial charge >= 0.3 is 11.9 Å². The van der Waals surface area contributed by atoms with Crippen molar-refractivity contribution in [3.8, 4) is 0 Å². The summed E-state index contributed by atoms with van der Waals surface area (Å²) in [6.07, 6.45) is 0. The lowest BCUT2D eigenvalue weighted by atomic mass is 10.0. The third-order valence-corrected chi connectivity index (χ3v) is 1.79. The minimum Gasteiger partial charge on any atom is -0.478 e. The van der Waals surface area contributed by atoms with Gasteiger partial charge in [-0.2, -0.15) is 0 Å². The molecule has 0 bridgehead atoms. The molecule has 0 saturated heterocycles. The number of carboxylic acids is 2. The molecule has 15 heavy (non-hydrogen) atoms. The van der Waals surface area contributed by atoms with E-state index in [2.05, 4.69) is 0 Å². The summed E-state index contributed by atoms with van der Waals surface area (Å²) in [7, 11) is 0. The van der Waals surface area contributed by atoms with Gasteiger partial charge in [-0.3, -0.25) is 0 Å². The zero-order valence-corrected chi connectivity index (χ0v) is 8.06. The molecular weight excluding hydrogens is 200 g/mol. The molecule has 0 aliphatic heterocycles. The molecule has 0 heterocycles. The predicted molar refractivity (Wildman–Crippen MR) is 52.2 cm³/mol. The van der Waals surface area contributed by atoms with Gasteiger partial charge in [0.25, 0.3) is 0 Å². The summed E-state index contributed by atoms with van der Waals surface area (Å²) in [5, 5.41) is 17.4. The van der Waals surface area contributed by atoms with E-state index in [1.807, 2.05) is 6.79 Å². The molecule has 0 aromatic heterocycles. The van der Waals surface area contributed by atoms with Crippen LogP contribution < -0.4 is 0 Å². The van der Waals surface area contributed by atoms with Crippen LogP contribution in [-0.4, -0.2) is 28.9 Å². The smallest absolute Gasteiger partial charge is 0.335 e. The zero-order valence-electron chi connectivity index (χ0n) is 8.06. The molecule has 5 heteroatoms. The molecule has 0 fully saturated rings. The lowest BCUT2D eigenvalue weighted by Crippen LogP contribution is -2.06. The van der Waals surface area contributed by atoms with Crippen LogP contribution in [-0.2, 0) is 4.79 Å². The van der Waals surface area contributed by atoms with Crippen LogP contribution in [0.2, 0.25) is 0 Å². The van der Waals surface area contributed by atoms with E-state index >= 15 is 0 Å². The Morgan fingerprint density at radius 2 is 1.40 bits per heavy atom. The number of carbonyl (C=O) groups is 3. The highest BCUT2D eigenvalue weighted by atomic mass is 16.4. The number of hydrogen-bond acceptors (Lipinski definition) is 3. The maximum Gasteiger partial charge on any atom is 0.335 e. The largest absolute Gasteiger partial charge is 0.478 e. The first-order chi connectivity index (χ1) is 7.04. The number of hydrogen-bond donors (Lipinski definition) is 2. The highest BCUT2D eigenvalue weighted by Gasteiger charge is 2.13. The van der Waals surface area contributed by atoms with Crippen molar-refractivity contribution in [3.63, 3.8) is 0 Å². The van der Waals surface area contributed by atoms with Crippen LogP contribution in [0.25, 0.3) is 0 Å². The highest BCUT2D eigenvalue weighted by molar-refractivity contribution is 5.96. The minimum absolute atomic E-state index is 0.0277. The molecule has 1 rings (SSSR count). The third kappa shape index (κ3) is 2.91. The van der Waals surface area contributed by atoms with Crippen molar-refractivity contribution >= 4 is 18.7 Å². The fraction of sp³-hybridized carbons (Fsp3) is 0.100. The fourth-order valence-electron chi connectivity index (χ4n) is 1.10. The van der Waals surface area contributed by atoms with E-state index in [9.17, 15) is 9.59 Å². The first kappa shape index (κ1) is 12.8. The van der Waals surface area contributed by atoms with E-state index in [-0.39, 0.29) is 16.7 Å². The third-order valence-electron chi connectivity index (χ3n) is 1.79. The number of carbonyl (C=O) groups excluding carboxylic acids is 1. The van der Waals surface area contributed by atoms with E-state index in [1.165, 1.54) is 25.1 Å². The monoisotopic (exact) mass is 210 g/mol. The van der Waals surface area contributed by atoms with Crippen LogP contribution in [0.5, 0.6) is 0 Å². The fourth-order valence-corrected chi connectivity index (χ4v) is 1.10. The highest BCUT2D eigenvalue weighted by Crippen LogP contribution is 2.13. The maximum atomic E-state index is 10.6. The Morgan fingerprint density at radius 1 is 1.07 bits per heavy atom. The molecule has 0 atom stereocenters. The van der Waals surface area contributed by atoms with Gasteiger partial charge in [-0.15, -0.1) is 0 Å². The molecule has 0 spiro atoms. The van der Waals surface area contributed by atoms with Crippen LogP contribution in [0.1, 0.15) is 26.3 Å². The van der Waals surface area contributed by atoms with Gasteiger partial charge in [0.15, 0.2) is 0 Å². The first-order valence-electron chi connectivity index (χ1n) is 3.89. The summed E-state index contributed by atoms with van der Waals surface area (Å²) in [4.78, 5) is 29.2. The molecule has 5 nitrogen and oxygen atoms in total.